The molecule has 0 aromatic rings. The van der Waals surface area contributed by atoms with E-state index >= 15 is 0 Å². The van der Waals surface area contributed by atoms with Crippen LogP contribution in [0.5, 0.6) is 0 Å². The van der Waals surface area contributed by atoms with Crippen LogP contribution in [0.25, 0.3) is 0 Å². The number of unbranched alkanes of at least 4 members (excludes halogenated alkanes) is 1. The summed E-state index contributed by atoms with van der Waals surface area (Å²) in [6.07, 6.45) is 0.890. The highest BCUT2D eigenvalue weighted by atomic mass is 31.2. The lowest BCUT2D eigenvalue weighted by Gasteiger charge is -2.41. The smallest absolute Gasteiger partial charge is 0.349 e. The monoisotopic (exact) mass is 401 g/mol. The number of amides is 1. The third-order valence-electron chi connectivity index (χ3n) is 3.60. The highest BCUT2D eigenvalue weighted by molar-refractivity contribution is 7.74. The molecule has 0 bridgehead atoms. The summed E-state index contributed by atoms with van der Waals surface area (Å²) >= 11 is 0. The van der Waals surface area contributed by atoms with Crippen LogP contribution in [0.3, 0.4) is 0 Å². The van der Waals surface area contributed by atoms with Crippen molar-refractivity contribution in [1.29, 1.82) is 0 Å². The van der Waals surface area contributed by atoms with Gasteiger partial charge in [-0.05, 0) is 34.1 Å². The van der Waals surface area contributed by atoms with E-state index in [1.54, 1.807) is 27.7 Å². The Bertz CT molecular complexity index is 448. The Morgan fingerprint density at radius 2 is 1.20 bits per heavy atom. The molecule has 10 heteroatoms. The fourth-order valence-electron chi connectivity index (χ4n) is 2.68. The van der Waals surface area contributed by atoms with Crippen LogP contribution in [0.15, 0.2) is 0 Å². The summed E-state index contributed by atoms with van der Waals surface area (Å²) in [4.78, 5) is 10.1. The summed E-state index contributed by atoms with van der Waals surface area (Å²) < 4.78 is 49.2. The normalized spacial score (nSPS) is 13.2. The zero-order valence-corrected chi connectivity index (χ0v) is 17.8. The maximum absolute atomic E-state index is 13.7. The van der Waals surface area contributed by atoms with Crippen LogP contribution < -0.4 is 5.73 Å². The van der Waals surface area contributed by atoms with Gasteiger partial charge in [0.25, 0.3) is 0 Å². The fraction of sp³-hybridized carbons (Fsp3) is 0.933. The molecule has 2 N–H and O–H groups in total. The van der Waals surface area contributed by atoms with E-state index in [0.29, 0.717) is 6.42 Å². The summed E-state index contributed by atoms with van der Waals surface area (Å²) in [7, 11) is -8.08. The third-order valence-corrected chi connectivity index (χ3v) is 10.3. The number of carbonyl (C=O) groups is 1. The molecule has 0 atom stereocenters. The first kappa shape index (κ1) is 24.8. The van der Waals surface area contributed by atoms with Gasteiger partial charge in [-0.3, -0.25) is 13.9 Å². The van der Waals surface area contributed by atoms with Gasteiger partial charge in [0.1, 0.15) is 0 Å². The zero-order chi connectivity index (χ0) is 19.6. The van der Waals surface area contributed by atoms with E-state index < -0.39 is 32.4 Å². The van der Waals surface area contributed by atoms with Crippen molar-refractivity contribution in [1.82, 2.24) is 0 Å². The van der Waals surface area contributed by atoms with Crippen LogP contribution >= 0.6 is 15.2 Å². The van der Waals surface area contributed by atoms with Crippen molar-refractivity contribution < 1.29 is 32.0 Å². The molecule has 25 heavy (non-hydrogen) atoms. The summed E-state index contributed by atoms with van der Waals surface area (Å²) in [5.41, 5.74) is 5.42. The van der Waals surface area contributed by atoms with Gasteiger partial charge in [0, 0.05) is 0 Å². The third kappa shape index (κ3) is 5.88. The quantitative estimate of drug-likeness (QED) is 0.407. The molecule has 0 aromatic heterocycles. The maximum Gasteiger partial charge on any atom is 0.349 e. The van der Waals surface area contributed by atoms with Crippen LogP contribution in [-0.4, -0.2) is 37.2 Å². The van der Waals surface area contributed by atoms with Crippen molar-refractivity contribution in [2.24, 2.45) is 5.73 Å². The SMILES string of the molecule is CCCCC(CC(N)=O)(P(=O)(OCC)OCC)P(=O)(OCC)OCC. The van der Waals surface area contributed by atoms with Crippen molar-refractivity contribution in [3.63, 3.8) is 0 Å². The largest absolute Gasteiger partial charge is 0.370 e. The van der Waals surface area contributed by atoms with E-state index in [9.17, 15) is 13.9 Å². The van der Waals surface area contributed by atoms with Gasteiger partial charge in [-0.25, -0.2) is 0 Å². The molecule has 0 unspecified atom stereocenters. The molecule has 8 nitrogen and oxygen atoms in total. The summed E-state index contributed by atoms with van der Waals surface area (Å²) in [6.45, 7) is 8.74. The number of primary amides is 1. The minimum atomic E-state index is -4.04. The maximum atomic E-state index is 13.7. The van der Waals surface area contributed by atoms with Crippen LogP contribution in [-0.2, 0) is 32.0 Å². The van der Waals surface area contributed by atoms with Gasteiger partial charge in [-0.15, -0.1) is 0 Å². The van der Waals surface area contributed by atoms with E-state index in [1.807, 2.05) is 6.92 Å². The summed E-state index contributed by atoms with van der Waals surface area (Å²) in [5, 5.41) is 0. The van der Waals surface area contributed by atoms with Crippen molar-refractivity contribution in [2.45, 2.75) is 65.2 Å². The zero-order valence-electron chi connectivity index (χ0n) is 16.0. The predicted octanol–water partition coefficient (Wildman–Crippen LogP) is 4.28. The number of nitrogens with two attached hydrogens (primary N) is 1. The van der Waals surface area contributed by atoms with E-state index in [-0.39, 0.29) is 32.8 Å². The van der Waals surface area contributed by atoms with Crippen LogP contribution in [0.1, 0.15) is 60.3 Å². The Labute approximate surface area is 151 Å². The van der Waals surface area contributed by atoms with E-state index in [2.05, 4.69) is 0 Å². The lowest BCUT2D eigenvalue weighted by atomic mass is 10.1. The Hall–Kier alpha value is -0.230. The molecule has 0 radical (unpaired) electrons. The fourth-order valence-corrected chi connectivity index (χ4v) is 8.61. The van der Waals surface area contributed by atoms with Gasteiger partial charge < -0.3 is 23.8 Å². The van der Waals surface area contributed by atoms with Gasteiger partial charge >= 0.3 is 15.2 Å². The lowest BCUT2D eigenvalue weighted by Crippen LogP contribution is -2.37. The van der Waals surface area contributed by atoms with E-state index in [0.717, 1.165) is 6.42 Å². The molecule has 0 aliphatic carbocycles. The molecule has 0 aliphatic heterocycles. The predicted molar refractivity (Wildman–Crippen MR) is 97.8 cm³/mol. The molecule has 0 heterocycles. The van der Waals surface area contributed by atoms with Crippen molar-refractivity contribution in [2.75, 3.05) is 26.4 Å². The summed E-state index contributed by atoms with van der Waals surface area (Å²) in [5.74, 6) is -0.768. The second-order valence-corrected chi connectivity index (χ2v) is 10.5. The van der Waals surface area contributed by atoms with Crippen LogP contribution in [0.2, 0.25) is 0 Å². The van der Waals surface area contributed by atoms with E-state index in [1.165, 1.54) is 0 Å². The first-order chi connectivity index (χ1) is 11.7. The van der Waals surface area contributed by atoms with Gasteiger partial charge in [-0.2, -0.15) is 0 Å². The Balaban J connectivity index is 6.58. The van der Waals surface area contributed by atoms with Gasteiger partial charge in [0.2, 0.25) is 5.91 Å². The molecule has 0 rings (SSSR count). The summed E-state index contributed by atoms with van der Waals surface area (Å²) in [6, 6.07) is 0. The molecule has 0 spiro atoms. The standard InChI is InChI=1S/C15H33NO7P2/c1-6-11-12-15(13-14(16)17,24(18,20-7-2)21-8-3)25(19,22-9-4)23-10-5/h6-13H2,1-5H3,(H2,16,17). The average Bonchev–Trinajstić information content (AvgIpc) is 2.51. The highest BCUT2D eigenvalue weighted by Gasteiger charge is 2.65. The first-order valence-corrected chi connectivity index (χ1v) is 11.9. The van der Waals surface area contributed by atoms with Crippen molar-refractivity contribution in [3.8, 4) is 0 Å². The topological polar surface area (TPSA) is 114 Å². The lowest BCUT2D eigenvalue weighted by molar-refractivity contribution is -0.118. The molecule has 0 aliphatic rings. The van der Waals surface area contributed by atoms with Crippen molar-refractivity contribution >= 4 is 21.1 Å². The number of rotatable bonds is 15. The second kappa shape index (κ2) is 11.5. The van der Waals surface area contributed by atoms with Gasteiger partial charge in [-0.1, -0.05) is 19.8 Å². The molecule has 0 saturated heterocycles. The Morgan fingerprint density at radius 1 is 0.840 bits per heavy atom. The molecular formula is C15H33NO7P2. The second-order valence-electron chi connectivity index (χ2n) is 5.40. The molecule has 0 saturated carbocycles. The minimum absolute atomic E-state index is 0.0577. The Morgan fingerprint density at radius 3 is 1.44 bits per heavy atom. The molecule has 150 valence electrons. The number of hydrogen-bond acceptors (Lipinski definition) is 7. The molecular weight excluding hydrogens is 368 g/mol. The Kier molecular flexibility index (Phi) is 11.4. The highest BCUT2D eigenvalue weighted by Crippen LogP contribution is 2.80. The van der Waals surface area contributed by atoms with Gasteiger partial charge in [0.15, 0.2) is 4.90 Å². The average molecular weight is 401 g/mol. The van der Waals surface area contributed by atoms with Crippen LogP contribution in [0, 0.1) is 0 Å². The van der Waals surface area contributed by atoms with Crippen molar-refractivity contribution in [3.05, 3.63) is 0 Å². The van der Waals surface area contributed by atoms with Gasteiger partial charge in [0.05, 0.1) is 32.8 Å². The van der Waals surface area contributed by atoms with E-state index in [4.69, 9.17) is 23.8 Å². The molecule has 0 aromatic carbocycles. The molecule has 1 amide bonds. The van der Waals surface area contributed by atoms with Crippen LogP contribution in [0.4, 0.5) is 0 Å². The number of hydrogen-bond donors (Lipinski definition) is 1. The minimum Gasteiger partial charge on any atom is -0.370 e. The number of carbonyl (C=O) groups excluding carboxylic acids is 1. The molecule has 0 fully saturated rings. The first-order valence-electron chi connectivity index (χ1n) is 8.79.